The molecule has 0 unspecified atom stereocenters. The average molecular weight is 468 g/mol. The molecule has 10 heteroatoms. The van der Waals surface area contributed by atoms with Crippen LogP contribution in [0.1, 0.15) is 45.7 Å². The summed E-state index contributed by atoms with van der Waals surface area (Å²) in [5.41, 5.74) is 1.80. The van der Waals surface area contributed by atoms with Crippen molar-refractivity contribution in [2.24, 2.45) is 0 Å². The Labute approximate surface area is 195 Å². The maximum Gasteiger partial charge on any atom is 0.295 e. The average Bonchev–Trinajstić information content (AvgIpc) is 3.40. The Balaban J connectivity index is 1.56. The van der Waals surface area contributed by atoms with Crippen LogP contribution in [0.25, 0.3) is 10.9 Å². The number of nitrogens with one attached hydrogen (secondary N) is 1. The van der Waals surface area contributed by atoms with E-state index < -0.39 is 5.91 Å². The van der Waals surface area contributed by atoms with Gasteiger partial charge in [0.05, 0.1) is 17.3 Å². The summed E-state index contributed by atoms with van der Waals surface area (Å²) in [7, 11) is 1.20. The van der Waals surface area contributed by atoms with E-state index in [1.165, 1.54) is 31.4 Å². The van der Waals surface area contributed by atoms with Crippen LogP contribution in [0.15, 0.2) is 42.7 Å². The number of carbonyl (C=O) groups excluding carboxylic acids is 3. The zero-order chi connectivity index (χ0) is 24.2. The van der Waals surface area contributed by atoms with Crippen molar-refractivity contribution in [3.05, 3.63) is 65.4 Å². The summed E-state index contributed by atoms with van der Waals surface area (Å²) in [6.07, 6.45) is 5.23. The third kappa shape index (κ3) is 5.07. The first kappa shape index (κ1) is 23.4. The predicted molar refractivity (Wildman–Crippen MR) is 122 cm³/mol. The second-order valence-corrected chi connectivity index (χ2v) is 8.31. The number of likely N-dealkylation sites (tertiary alicyclic amines) is 1. The highest BCUT2D eigenvalue weighted by atomic mass is 19.1. The monoisotopic (exact) mass is 467 g/mol. The number of hydrogen-bond donors (Lipinski definition) is 2. The van der Waals surface area contributed by atoms with Gasteiger partial charge in [-0.15, -0.1) is 0 Å². The Hall–Kier alpha value is -3.79. The van der Waals surface area contributed by atoms with Gasteiger partial charge < -0.3 is 14.8 Å². The van der Waals surface area contributed by atoms with Gasteiger partial charge in [-0.2, -0.15) is 0 Å². The summed E-state index contributed by atoms with van der Waals surface area (Å²) >= 11 is 0. The molecule has 178 valence electrons. The van der Waals surface area contributed by atoms with E-state index in [4.69, 9.17) is 0 Å². The highest BCUT2D eigenvalue weighted by molar-refractivity contribution is 6.08. The number of hydrogen-bond acceptors (Lipinski definition) is 5. The summed E-state index contributed by atoms with van der Waals surface area (Å²) in [6.45, 7) is 2.11. The lowest BCUT2D eigenvalue weighted by Gasteiger charge is -2.15. The van der Waals surface area contributed by atoms with E-state index in [9.17, 15) is 24.0 Å². The fraction of sp³-hybridized carbons (Fsp3) is 0.333. The molecule has 4 rings (SSSR count). The molecular formula is C24H26FN5O4. The van der Waals surface area contributed by atoms with Gasteiger partial charge in [-0.3, -0.25) is 19.6 Å². The van der Waals surface area contributed by atoms with Crippen LogP contribution in [0, 0.1) is 5.82 Å². The third-order valence-electron chi connectivity index (χ3n) is 5.85. The Morgan fingerprint density at radius 1 is 1.26 bits per heavy atom. The van der Waals surface area contributed by atoms with Crippen molar-refractivity contribution in [2.75, 3.05) is 26.7 Å². The number of carbonyl (C=O) groups is 3. The number of fused-ring (bicyclic) bond motifs is 1. The van der Waals surface area contributed by atoms with Gasteiger partial charge in [0.15, 0.2) is 0 Å². The highest BCUT2D eigenvalue weighted by Crippen LogP contribution is 2.24. The SMILES string of the molecule is CN(O)C(=O)c1cc2c(C(=O)NCCCN3CCCC3=O)cn(Cc3ccc(F)cc3)c2cn1. The van der Waals surface area contributed by atoms with Gasteiger partial charge in [0.2, 0.25) is 5.91 Å². The molecule has 2 aromatic heterocycles. The molecule has 9 nitrogen and oxygen atoms in total. The summed E-state index contributed by atoms with van der Waals surface area (Å²) < 4.78 is 15.1. The fourth-order valence-electron chi connectivity index (χ4n) is 4.08. The molecule has 0 aliphatic carbocycles. The maximum absolute atomic E-state index is 13.3. The van der Waals surface area contributed by atoms with Crippen LogP contribution < -0.4 is 5.32 Å². The van der Waals surface area contributed by atoms with Crippen molar-refractivity contribution in [3.8, 4) is 0 Å². The Kier molecular flexibility index (Phi) is 6.87. The Bertz CT molecular complexity index is 1220. The second kappa shape index (κ2) is 10.0. The smallest absolute Gasteiger partial charge is 0.295 e. The molecule has 3 aromatic rings. The summed E-state index contributed by atoms with van der Waals surface area (Å²) in [5.74, 6) is -1.21. The number of hydroxylamine groups is 2. The van der Waals surface area contributed by atoms with E-state index in [-0.39, 0.29) is 23.3 Å². The first-order valence-electron chi connectivity index (χ1n) is 11.1. The van der Waals surface area contributed by atoms with Gasteiger partial charge in [0.1, 0.15) is 11.5 Å². The van der Waals surface area contributed by atoms with Crippen molar-refractivity contribution in [3.63, 3.8) is 0 Å². The van der Waals surface area contributed by atoms with Crippen LogP contribution in [0.5, 0.6) is 0 Å². The van der Waals surface area contributed by atoms with Crippen molar-refractivity contribution in [1.29, 1.82) is 0 Å². The van der Waals surface area contributed by atoms with Crippen LogP contribution in [-0.2, 0) is 11.3 Å². The Morgan fingerprint density at radius 3 is 2.71 bits per heavy atom. The highest BCUT2D eigenvalue weighted by Gasteiger charge is 2.21. The lowest BCUT2D eigenvalue weighted by atomic mass is 10.1. The molecule has 1 aliphatic heterocycles. The lowest BCUT2D eigenvalue weighted by Crippen LogP contribution is -2.30. The molecule has 0 spiro atoms. The number of amides is 3. The number of nitrogens with zero attached hydrogens (tertiary/aromatic N) is 4. The Morgan fingerprint density at radius 2 is 2.03 bits per heavy atom. The molecule has 3 amide bonds. The first-order valence-corrected chi connectivity index (χ1v) is 11.1. The van der Waals surface area contributed by atoms with Gasteiger partial charge in [0.25, 0.3) is 11.8 Å². The maximum atomic E-state index is 13.3. The number of aromatic nitrogens is 2. The molecule has 2 N–H and O–H groups in total. The van der Waals surface area contributed by atoms with E-state index in [1.54, 1.807) is 23.2 Å². The zero-order valence-corrected chi connectivity index (χ0v) is 18.8. The summed E-state index contributed by atoms with van der Waals surface area (Å²) in [6, 6.07) is 7.53. The molecule has 0 atom stereocenters. The molecule has 1 aromatic carbocycles. The minimum absolute atomic E-state index is 0.00127. The van der Waals surface area contributed by atoms with Crippen molar-refractivity contribution < 1.29 is 24.0 Å². The summed E-state index contributed by atoms with van der Waals surface area (Å²) in [4.78, 5) is 42.9. The molecule has 3 heterocycles. The van der Waals surface area contributed by atoms with E-state index in [0.717, 1.165) is 18.5 Å². The standard InChI is InChI=1S/C24H26FN5O4/c1-28(34)24(33)20-12-18-19(23(32)26-9-3-11-29-10-2-4-22(29)31)15-30(21(18)13-27-20)14-16-5-7-17(25)8-6-16/h5-8,12-13,15,34H,2-4,9-11,14H2,1H3,(H,26,32). The molecule has 34 heavy (non-hydrogen) atoms. The third-order valence-corrected chi connectivity index (χ3v) is 5.85. The lowest BCUT2D eigenvalue weighted by molar-refractivity contribution is -0.127. The van der Waals surface area contributed by atoms with Gasteiger partial charge >= 0.3 is 0 Å². The molecule has 1 aliphatic rings. The molecule has 1 fully saturated rings. The van der Waals surface area contributed by atoms with Crippen LogP contribution in [-0.4, -0.2) is 69.1 Å². The van der Waals surface area contributed by atoms with E-state index in [1.807, 2.05) is 4.57 Å². The van der Waals surface area contributed by atoms with Gasteiger partial charge in [-0.1, -0.05) is 12.1 Å². The van der Waals surface area contributed by atoms with Gasteiger partial charge in [-0.05, 0) is 36.6 Å². The van der Waals surface area contributed by atoms with E-state index in [2.05, 4.69) is 10.3 Å². The topological polar surface area (TPSA) is 108 Å². The van der Waals surface area contributed by atoms with Crippen LogP contribution in [0.3, 0.4) is 0 Å². The van der Waals surface area contributed by atoms with E-state index >= 15 is 0 Å². The van der Waals surface area contributed by atoms with Crippen LogP contribution in [0.4, 0.5) is 4.39 Å². The predicted octanol–water partition coefficient (Wildman–Crippen LogP) is 2.43. The quantitative estimate of drug-likeness (QED) is 0.301. The fourth-order valence-corrected chi connectivity index (χ4v) is 4.08. The van der Waals surface area contributed by atoms with Crippen LogP contribution in [0.2, 0.25) is 0 Å². The van der Waals surface area contributed by atoms with Crippen LogP contribution >= 0.6 is 0 Å². The normalized spacial score (nSPS) is 13.5. The zero-order valence-electron chi connectivity index (χ0n) is 18.8. The minimum Gasteiger partial charge on any atom is -0.352 e. The number of rotatable bonds is 8. The van der Waals surface area contributed by atoms with Gasteiger partial charge in [-0.25, -0.2) is 14.4 Å². The number of pyridine rings is 1. The minimum atomic E-state index is -0.699. The first-order chi connectivity index (χ1) is 16.3. The molecule has 1 saturated heterocycles. The molecule has 0 radical (unpaired) electrons. The largest absolute Gasteiger partial charge is 0.352 e. The molecular weight excluding hydrogens is 441 g/mol. The van der Waals surface area contributed by atoms with Crippen molar-refractivity contribution >= 4 is 28.6 Å². The number of halogens is 1. The molecule has 0 saturated carbocycles. The number of benzene rings is 1. The second-order valence-electron chi connectivity index (χ2n) is 8.31. The summed E-state index contributed by atoms with van der Waals surface area (Å²) in [5, 5.41) is 13.3. The van der Waals surface area contributed by atoms with E-state index in [0.29, 0.717) is 54.0 Å². The molecule has 0 bridgehead atoms. The van der Waals surface area contributed by atoms with Crippen molar-refractivity contribution in [2.45, 2.75) is 25.8 Å². The van der Waals surface area contributed by atoms with Gasteiger partial charge in [0, 0.05) is 51.2 Å². The van der Waals surface area contributed by atoms with Crippen molar-refractivity contribution in [1.82, 2.24) is 24.8 Å².